The van der Waals surface area contributed by atoms with Gasteiger partial charge in [0.15, 0.2) is 5.65 Å². The first-order chi connectivity index (χ1) is 15.1. The van der Waals surface area contributed by atoms with E-state index in [0.717, 1.165) is 28.3 Å². The van der Waals surface area contributed by atoms with E-state index in [2.05, 4.69) is 14.5 Å². The van der Waals surface area contributed by atoms with E-state index in [1.165, 1.54) is 10.5 Å². The molecule has 1 saturated heterocycles. The van der Waals surface area contributed by atoms with E-state index in [0.29, 0.717) is 19.5 Å². The maximum Gasteiger partial charge on any atom is 0.244 e. The number of aromatic nitrogens is 4. The van der Waals surface area contributed by atoms with Crippen molar-refractivity contribution in [2.75, 3.05) is 20.2 Å². The van der Waals surface area contributed by atoms with Crippen molar-refractivity contribution in [3.05, 3.63) is 67.1 Å². The number of ether oxygens (including phenoxy) is 1. The fourth-order valence-corrected chi connectivity index (χ4v) is 5.46. The normalized spacial score (nSPS) is 17.3. The maximum absolute atomic E-state index is 13.1. The molecule has 158 valence electrons. The van der Waals surface area contributed by atoms with Crippen LogP contribution in [-0.4, -0.2) is 52.4 Å². The summed E-state index contributed by atoms with van der Waals surface area (Å²) < 4.78 is 35.0. The van der Waals surface area contributed by atoms with E-state index in [4.69, 9.17) is 9.72 Å². The minimum absolute atomic E-state index is 0.0801. The lowest BCUT2D eigenvalue weighted by atomic mass is 10.2. The summed E-state index contributed by atoms with van der Waals surface area (Å²) in [6, 6.07) is 14.6. The van der Waals surface area contributed by atoms with Gasteiger partial charge in [0.1, 0.15) is 22.0 Å². The average Bonchev–Trinajstić information content (AvgIpc) is 3.45. The van der Waals surface area contributed by atoms with Crippen LogP contribution in [0.1, 0.15) is 12.5 Å². The Balaban J connectivity index is 1.54. The zero-order valence-corrected chi connectivity index (χ0v) is 17.7. The van der Waals surface area contributed by atoms with E-state index in [1.54, 1.807) is 31.6 Å². The molecule has 0 radical (unpaired) electrons. The topological polar surface area (TPSA) is 90.2 Å². The molecule has 1 aromatic carbocycles. The van der Waals surface area contributed by atoms with Crippen LogP contribution in [0.25, 0.3) is 22.6 Å². The van der Waals surface area contributed by atoms with Crippen molar-refractivity contribution in [1.29, 1.82) is 0 Å². The van der Waals surface area contributed by atoms with Gasteiger partial charge in [-0.3, -0.25) is 4.98 Å². The molecule has 0 unspecified atom stereocenters. The molecule has 0 aliphatic carbocycles. The SMILES string of the molecule is COc1ccc(-c2nc3cccnc3n2[C@H]2CCN(S(=O)(=O)c3cccnc3)C2)cc1. The number of rotatable bonds is 5. The zero-order chi connectivity index (χ0) is 21.4. The van der Waals surface area contributed by atoms with Crippen molar-refractivity contribution in [2.24, 2.45) is 0 Å². The summed E-state index contributed by atoms with van der Waals surface area (Å²) in [5.74, 6) is 1.53. The molecule has 0 amide bonds. The van der Waals surface area contributed by atoms with Crippen LogP contribution < -0.4 is 4.74 Å². The fourth-order valence-electron chi connectivity index (χ4n) is 4.01. The van der Waals surface area contributed by atoms with Gasteiger partial charge in [-0.1, -0.05) is 0 Å². The average molecular weight is 436 g/mol. The van der Waals surface area contributed by atoms with Gasteiger partial charge < -0.3 is 9.30 Å². The van der Waals surface area contributed by atoms with E-state index in [1.807, 2.05) is 36.4 Å². The van der Waals surface area contributed by atoms with Crippen LogP contribution >= 0.6 is 0 Å². The smallest absolute Gasteiger partial charge is 0.244 e. The summed E-state index contributed by atoms with van der Waals surface area (Å²) in [6.07, 6.45) is 5.36. The number of imidazole rings is 1. The van der Waals surface area contributed by atoms with Crippen LogP contribution in [0.2, 0.25) is 0 Å². The summed E-state index contributed by atoms with van der Waals surface area (Å²) in [7, 11) is -1.97. The highest BCUT2D eigenvalue weighted by atomic mass is 32.2. The molecule has 31 heavy (non-hydrogen) atoms. The summed E-state index contributed by atoms with van der Waals surface area (Å²) in [5.41, 5.74) is 2.45. The van der Waals surface area contributed by atoms with Crippen LogP contribution in [0.3, 0.4) is 0 Å². The van der Waals surface area contributed by atoms with Gasteiger partial charge in [-0.25, -0.2) is 18.4 Å². The van der Waals surface area contributed by atoms with Crippen molar-refractivity contribution < 1.29 is 13.2 Å². The molecule has 0 N–H and O–H groups in total. The standard InChI is InChI=1S/C22H21N5O3S/c1-30-18-8-6-16(7-9-18)21-25-20-5-3-12-24-22(20)27(21)17-10-13-26(15-17)31(28,29)19-4-2-11-23-14-19/h2-9,11-12,14,17H,10,13,15H2,1H3/t17-/m0/s1. The van der Waals surface area contributed by atoms with E-state index in [-0.39, 0.29) is 10.9 Å². The Labute approximate surface area is 180 Å². The zero-order valence-electron chi connectivity index (χ0n) is 16.9. The lowest BCUT2D eigenvalue weighted by Crippen LogP contribution is -2.29. The molecule has 8 nitrogen and oxygen atoms in total. The van der Waals surface area contributed by atoms with E-state index >= 15 is 0 Å². The van der Waals surface area contributed by atoms with Crippen LogP contribution in [0.15, 0.2) is 72.0 Å². The van der Waals surface area contributed by atoms with Gasteiger partial charge in [-0.15, -0.1) is 0 Å². The van der Waals surface area contributed by atoms with Gasteiger partial charge in [0.25, 0.3) is 0 Å². The Bertz CT molecular complexity index is 1320. The molecular formula is C22H21N5O3S. The molecule has 9 heteroatoms. The highest BCUT2D eigenvalue weighted by Gasteiger charge is 2.35. The second-order valence-corrected chi connectivity index (χ2v) is 9.31. The molecule has 0 spiro atoms. The Morgan fingerprint density at radius 2 is 1.87 bits per heavy atom. The number of methoxy groups -OCH3 is 1. The summed E-state index contributed by atoms with van der Waals surface area (Å²) in [6.45, 7) is 0.777. The first-order valence-corrected chi connectivity index (χ1v) is 11.4. The van der Waals surface area contributed by atoms with Crippen LogP contribution in [0.4, 0.5) is 0 Å². The quantitative estimate of drug-likeness (QED) is 0.478. The molecule has 1 atom stereocenters. The molecule has 1 aliphatic heterocycles. The van der Waals surface area contributed by atoms with Crippen molar-refractivity contribution in [3.8, 4) is 17.1 Å². The van der Waals surface area contributed by atoms with Gasteiger partial charge in [-0.05, 0) is 55.0 Å². The minimum atomic E-state index is -3.60. The van der Waals surface area contributed by atoms with Gasteiger partial charge in [0.05, 0.1) is 13.2 Å². The van der Waals surface area contributed by atoms with Gasteiger partial charge in [-0.2, -0.15) is 4.31 Å². The molecule has 1 aliphatic rings. The Morgan fingerprint density at radius 1 is 1.06 bits per heavy atom. The Hall–Kier alpha value is -3.30. The molecule has 4 heterocycles. The molecule has 3 aromatic heterocycles. The first kappa shape index (κ1) is 19.7. The molecule has 1 fully saturated rings. The molecule has 0 saturated carbocycles. The number of hydrogen-bond donors (Lipinski definition) is 0. The minimum Gasteiger partial charge on any atom is -0.497 e. The van der Waals surface area contributed by atoms with E-state index < -0.39 is 10.0 Å². The number of pyridine rings is 2. The maximum atomic E-state index is 13.1. The molecule has 0 bridgehead atoms. The number of sulfonamides is 1. The summed E-state index contributed by atoms with van der Waals surface area (Å²) >= 11 is 0. The summed E-state index contributed by atoms with van der Waals surface area (Å²) in [5, 5.41) is 0. The highest BCUT2D eigenvalue weighted by Crippen LogP contribution is 2.34. The predicted molar refractivity (Wildman–Crippen MR) is 116 cm³/mol. The van der Waals surface area contributed by atoms with Crippen molar-refractivity contribution in [2.45, 2.75) is 17.4 Å². The molecule has 4 aromatic rings. The third-order valence-corrected chi connectivity index (χ3v) is 7.41. The fraction of sp³-hybridized carbons (Fsp3) is 0.227. The lowest BCUT2D eigenvalue weighted by Gasteiger charge is -2.18. The molecule has 5 rings (SSSR count). The molecular weight excluding hydrogens is 414 g/mol. The van der Waals surface area contributed by atoms with Crippen LogP contribution in [0, 0.1) is 0 Å². The number of benzene rings is 1. The van der Waals surface area contributed by atoms with Crippen LogP contribution in [-0.2, 0) is 10.0 Å². The lowest BCUT2D eigenvalue weighted by molar-refractivity contribution is 0.415. The monoisotopic (exact) mass is 435 g/mol. The predicted octanol–water partition coefficient (Wildman–Crippen LogP) is 3.14. The van der Waals surface area contributed by atoms with E-state index in [9.17, 15) is 8.42 Å². The first-order valence-electron chi connectivity index (χ1n) is 9.95. The van der Waals surface area contributed by atoms with Gasteiger partial charge in [0.2, 0.25) is 10.0 Å². The van der Waals surface area contributed by atoms with Crippen LogP contribution in [0.5, 0.6) is 5.75 Å². The number of hydrogen-bond acceptors (Lipinski definition) is 6. The van der Waals surface area contributed by atoms with Gasteiger partial charge >= 0.3 is 0 Å². The third-order valence-electron chi connectivity index (χ3n) is 5.56. The van der Waals surface area contributed by atoms with Crippen molar-refractivity contribution >= 4 is 21.2 Å². The Morgan fingerprint density at radius 3 is 2.61 bits per heavy atom. The van der Waals surface area contributed by atoms with Crippen molar-refractivity contribution in [3.63, 3.8) is 0 Å². The second kappa shape index (κ2) is 7.75. The number of nitrogens with zero attached hydrogens (tertiary/aromatic N) is 5. The second-order valence-electron chi connectivity index (χ2n) is 7.37. The Kier molecular flexibility index (Phi) is 4.91. The van der Waals surface area contributed by atoms with Gasteiger partial charge in [0, 0.05) is 37.2 Å². The summed E-state index contributed by atoms with van der Waals surface area (Å²) in [4.78, 5) is 13.5. The number of fused-ring (bicyclic) bond motifs is 1. The third kappa shape index (κ3) is 3.45. The largest absolute Gasteiger partial charge is 0.497 e. The highest BCUT2D eigenvalue weighted by molar-refractivity contribution is 7.89. The van der Waals surface area contributed by atoms with Crippen molar-refractivity contribution in [1.82, 2.24) is 23.8 Å².